The molecular formula is C21H22ClF2N5O. The lowest BCUT2D eigenvalue weighted by molar-refractivity contribution is 0.0974. The molecule has 158 valence electrons. The standard InChI is InChI=1S/C21H22ClF2N5O/c22-16-9-6-13(10-17(16)24)20(30)27-21(25-15-2-1-3-15)26-19-11-18(28-29-19)12-4-7-14(23)8-5-12/h4-10,15,18-19,28-29H,1-3,11H2,(H2,25,26,27,30). The van der Waals surface area contributed by atoms with Gasteiger partial charge in [0.15, 0.2) is 5.96 Å². The summed E-state index contributed by atoms with van der Waals surface area (Å²) in [7, 11) is 0. The predicted octanol–water partition coefficient (Wildman–Crippen LogP) is 3.41. The molecular weight excluding hydrogens is 412 g/mol. The van der Waals surface area contributed by atoms with Crippen LogP contribution in [0.25, 0.3) is 0 Å². The maximum atomic E-state index is 13.7. The Hall–Kier alpha value is -2.55. The molecule has 1 aliphatic carbocycles. The lowest BCUT2D eigenvalue weighted by Crippen LogP contribution is -2.49. The Kier molecular flexibility index (Phi) is 6.26. The molecule has 0 radical (unpaired) electrons. The van der Waals surface area contributed by atoms with Crippen molar-refractivity contribution in [2.45, 2.75) is 43.9 Å². The van der Waals surface area contributed by atoms with Crippen LogP contribution in [0, 0.1) is 11.6 Å². The molecule has 6 nitrogen and oxygen atoms in total. The fourth-order valence-corrected chi connectivity index (χ4v) is 3.48. The van der Waals surface area contributed by atoms with Gasteiger partial charge in [-0.05, 0) is 55.2 Å². The van der Waals surface area contributed by atoms with Crippen molar-refractivity contribution < 1.29 is 13.6 Å². The van der Waals surface area contributed by atoms with E-state index >= 15 is 0 Å². The number of hydrazine groups is 1. The average molecular weight is 434 g/mol. The molecule has 2 unspecified atom stereocenters. The minimum absolute atomic E-state index is 0.0367. The molecule has 2 aromatic carbocycles. The number of aliphatic imine (C=N–C) groups is 1. The maximum absolute atomic E-state index is 13.7. The highest BCUT2D eigenvalue weighted by Gasteiger charge is 2.26. The van der Waals surface area contributed by atoms with E-state index < -0.39 is 11.7 Å². The molecule has 1 heterocycles. The van der Waals surface area contributed by atoms with Gasteiger partial charge in [-0.15, -0.1) is 0 Å². The second-order valence-corrected chi connectivity index (χ2v) is 7.88. The van der Waals surface area contributed by atoms with Crippen molar-refractivity contribution in [3.63, 3.8) is 0 Å². The molecule has 30 heavy (non-hydrogen) atoms. The van der Waals surface area contributed by atoms with Crippen molar-refractivity contribution in [2.24, 2.45) is 4.99 Å². The zero-order valence-corrected chi connectivity index (χ0v) is 16.8. The highest BCUT2D eigenvalue weighted by molar-refractivity contribution is 6.30. The summed E-state index contributed by atoms with van der Waals surface area (Å²) in [5.74, 6) is -1.08. The summed E-state index contributed by atoms with van der Waals surface area (Å²) in [5.41, 5.74) is 7.33. The van der Waals surface area contributed by atoms with Crippen LogP contribution in [0.3, 0.4) is 0 Å². The Bertz CT molecular complexity index is 949. The molecule has 9 heteroatoms. The summed E-state index contributed by atoms with van der Waals surface area (Å²) in [5, 5.41) is 5.95. The first-order valence-corrected chi connectivity index (χ1v) is 10.2. The molecule has 2 fully saturated rings. The lowest BCUT2D eigenvalue weighted by Gasteiger charge is -2.28. The highest BCUT2D eigenvalue weighted by atomic mass is 35.5. The van der Waals surface area contributed by atoms with E-state index in [-0.39, 0.29) is 34.7 Å². The van der Waals surface area contributed by atoms with Crippen LogP contribution in [0.2, 0.25) is 5.02 Å². The van der Waals surface area contributed by atoms with E-state index in [1.54, 1.807) is 12.1 Å². The average Bonchev–Trinajstić information content (AvgIpc) is 3.15. The van der Waals surface area contributed by atoms with Gasteiger partial charge in [-0.1, -0.05) is 23.7 Å². The van der Waals surface area contributed by atoms with Crippen molar-refractivity contribution in [1.82, 2.24) is 21.5 Å². The van der Waals surface area contributed by atoms with E-state index in [1.165, 1.54) is 24.3 Å². The summed E-state index contributed by atoms with van der Waals surface area (Å²) >= 11 is 5.69. The monoisotopic (exact) mass is 433 g/mol. The number of hydrogen-bond donors (Lipinski definition) is 4. The normalized spacial score (nSPS) is 21.9. The van der Waals surface area contributed by atoms with Gasteiger partial charge >= 0.3 is 0 Å². The van der Waals surface area contributed by atoms with E-state index in [1.807, 2.05) is 0 Å². The van der Waals surface area contributed by atoms with E-state index in [4.69, 9.17) is 11.6 Å². The van der Waals surface area contributed by atoms with Gasteiger partial charge in [0.2, 0.25) is 0 Å². The van der Waals surface area contributed by atoms with Crippen molar-refractivity contribution in [2.75, 3.05) is 0 Å². The topological polar surface area (TPSA) is 77.5 Å². The van der Waals surface area contributed by atoms with Gasteiger partial charge in [-0.3, -0.25) is 10.1 Å². The SMILES string of the molecule is O=C(NC(=NC1CC(c2ccc(F)cc2)NN1)NC1CCC1)c1ccc(Cl)c(F)c1. The van der Waals surface area contributed by atoms with Crippen molar-refractivity contribution in [3.8, 4) is 0 Å². The van der Waals surface area contributed by atoms with Gasteiger partial charge in [0, 0.05) is 24.1 Å². The molecule has 0 bridgehead atoms. The molecule has 4 N–H and O–H groups in total. The van der Waals surface area contributed by atoms with E-state index in [0.717, 1.165) is 30.9 Å². The number of nitrogens with one attached hydrogen (secondary N) is 4. The maximum Gasteiger partial charge on any atom is 0.258 e. The van der Waals surface area contributed by atoms with E-state index in [2.05, 4.69) is 26.5 Å². The molecule has 1 saturated heterocycles. The molecule has 2 aromatic rings. The molecule has 0 aromatic heterocycles. The minimum Gasteiger partial charge on any atom is -0.353 e. The van der Waals surface area contributed by atoms with Gasteiger partial charge < -0.3 is 5.32 Å². The van der Waals surface area contributed by atoms with E-state index in [0.29, 0.717) is 12.4 Å². The fraction of sp³-hybridized carbons (Fsp3) is 0.333. The minimum atomic E-state index is -0.654. The van der Waals surface area contributed by atoms with Crippen LogP contribution in [-0.4, -0.2) is 24.1 Å². The molecule has 4 rings (SSSR count). The smallest absolute Gasteiger partial charge is 0.258 e. The number of rotatable bonds is 4. The fourth-order valence-electron chi connectivity index (χ4n) is 3.36. The van der Waals surface area contributed by atoms with Crippen LogP contribution < -0.4 is 21.5 Å². The lowest BCUT2D eigenvalue weighted by atomic mass is 9.93. The molecule has 1 saturated carbocycles. The summed E-state index contributed by atoms with van der Waals surface area (Å²) < 4.78 is 26.9. The number of guanidine groups is 1. The first-order chi connectivity index (χ1) is 14.5. The van der Waals surface area contributed by atoms with Gasteiger partial charge in [-0.2, -0.15) is 0 Å². The summed E-state index contributed by atoms with van der Waals surface area (Å²) in [4.78, 5) is 17.2. The molecule has 2 atom stereocenters. The van der Waals surface area contributed by atoms with Crippen LogP contribution in [0.15, 0.2) is 47.5 Å². The van der Waals surface area contributed by atoms with Crippen molar-refractivity contribution in [3.05, 3.63) is 70.2 Å². The first-order valence-electron chi connectivity index (χ1n) is 9.85. The molecule has 2 aliphatic rings. The number of benzene rings is 2. The summed E-state index contributed by atoms with van der Waals surface area (Å²) in [6, 6.07) is 10.4. The van der Waals surface area contributed by atoms with Crippen LogP contribution in [0.1, 0.15) is 47.6 Å². The van der Waals surface area contributed by atoms with Crippen LogP contribution in [0.5, 0.6) is 0 Å². The van der Waals surface area contributed by atoms with Gasteiger partial charge in [-0.25, -0.2) is 24.6 Å². The molecule has 1 amide bonds. The third-order valence-corrected chi connectivity index (χ3v) is 5.61. The van der Waals surface area contributed by atoms with Gasteiger partial charge in [0.05, 0.1) is 5.02 Å². The van der Waals surface area contributed by atoms with Crippen LogP contribution in [0.4, 0.5) is 8.78 Å². The Balaban J connectivity index is 1.46. The zero-order valence-electron chi connectivity index (χ0n) is 16.1. The third kappa shape index (κ3) is 4.95. The first kappa shape index (κ1) is 20.7. The second-order valence-electron chi connectivity index (χ2n) is 7.48. The van der Waals surface area contributed by atoms with Gasteiger partial charge in [0.25, 0.3) is 5.91 Å². The van der Waals surface area contributed by atoms with Gasteiger partial charge in [0.1, 0.15) is 17.8 Å². The number of carbonyl (C=O) groups excluding carboxylic acids is 1. The number of halogens is 3. The molecule has 1 aliphatic heterocycles. The number of nitrogens with zero attached hydrogens (tertiary/aromatic N) is 1. The Morgan fingerprint density at radius 1 is 1.10 bits per heavy atom. The number of hydrogen-bond acceptors (Lipinski definition) is 4. The van der Waals surface area contributed by atoms with Crippen molar-refractivity contribution >= 4 is 23.5 Å². The largest absolute Gasteiger partial charge is 0.353 e. The Morgan fingerprint density at radius 3 is 2.53 bits per heavy atom. The zero-order chi connectivity index (χ0) is 21.1. The third-order valence-electron chi connectivity index (χ3n) is 5.30. The van der Waals surface area contributed by atoms with Crippen LogP contribution in [-0.2, 0) is 0 Å². The number of carbonyl (C=O) groups is 1. The highest BCUT2D eigenvalue weighted by Crippen LogP contribution is 2.23. The second kappa shape index (κ2) is 9.07. The number of amides is 1. The molecule has 0 spiro atoms. The predicted molar refractivity (Wildman–Crippen MR) is 111 cm³/mol. The summed E-state index contributed by atoms with van der Waals surface area (Å²) in [6.45, 7) is 0. The summed E-state index contributed by atoms with van der Waals surface area (Å²) in [6.07, 6.45) is 3.44. The van der Waals surface area contributed by atoms with E-state index in [9.17, 15) is 13.6 Å². The Morgan fingerprint density at radius 2 is 1.87 bits per heavy atom. The van der Waals surface area contributed by atoms with Crippen molar-refractivity contribution in [1.29, 1.82) is 0 Å². The van der Waals surface area contributed by atoms with Crippen LogP contribution >= 0.6 is 11.6 Å². The Labute approximate surface area is 178 Å². The quantitative estimate of drug-likeness (QED) is 0.440.